The maximum Gasteiger partial charge on any atom is 0.322 e. The van der Waals surface area contributed by atoms with Crippen LogP contribution < -0.4 is 15.4 Å². The van der Waals surface area contributed by atoms with Crippen LogP contribution in [0.4, 0.5) is 6.01 Å². The summed E-state index contributed by atoms with van der Waals surface area (Å²) in [5, 5.41) is 17.6. The molecule has 1 unspecified atom stereocenters. The topological polar surface area (TPSA) is 154 Å². The van der Waals surface area contributed by atoms with Gasteiger partial charge in [-0.15, -0.1) is 5.10 Å². The smallest absolute Gasteiger partial charge is 0.322 e. The molecule has 33 heavy (non-hydrogen) atoms. The van der Waals surface area contributed by atoms with Crippen molar-refractivity contribution in [1.29, 1.82) is 0 Å². The van der Waals surface area contributed by atoms with E-state index < -0.39 is 11.8 Å². The molecule has 1 fully saturated rings. The lowest BCUT2D eigenvalue weighted by atomic mass is 9.93. The number of hydrogen-bond acceptors (Lipinski definition) is 9. The number of fused-ring (bicyclic) bond motifs is 1. The molecule has 5 rings (SSSR count). The van der Waals surface area contributed by atoms with Crippen LogP contribution >= 0.6 is 0 Å². The standard InChI is InChI=1S/C21H18N6O6/c1-27-18-11(17(26-27)12-7-8-15(28)22-19(12)30)4-2-5-13(18)32-10-16(29)23-21-25-24-20(33-21)14-6-3-9-31-14/h2-6,9,12H,7-8,10H2,1H3,(H,22,28,30)(H,23,25,29). The van der Waals surface area contributed by atoms with Crippen LogP contribution in [0.2, 0.25) is 0 Å². The van der Waals surface area contributed by atoms with Crippen LogP contribution in [0.25, 0.3) is 22.6 Å². The number of aryl methyl sites for hydroxylation is 1. The molecule has 1 aromatic carbocycles. The molecule has 1 atom stereocenters. The second-order valence-corrected chi connectivity index (χ2v) is 7.39. The van der Waals surface area contributed by atoms with Gasteiger partial charge in [-0.25, -0.2) is 0 Å². The molecular formula is C21H18N6O6. The fourth-order valence-corrected chi connectivity index (χ4v) is 3.73. The lowest BCUT2D eigenvalue weighted by molar-refractivity contribution is -0.134. The van der Waals surface area contributed by atoms with Gasteiger partial charge in [0.15, 0.2) is 12.4 Å². The van der Waals surface area contributed by atoms with Crippen LogP contribution in [-0.4, -0.2) is 44.3 Å². The third kappa shape index (κ3) is 3.93. The van der Waals surface area contributed by atoms with Crippen molar-refractivity contribution in [2.24, 2.45) is 7.05 Å². The predicted octanol–water partition coefficient (Wildman–Crippen LogP) is 1.75. The Balaban J connectivity index is 1.30. The molecule has 1 aliphatic heterocycles. The van der Waals surface area contributed by atoms with Gasteiger partial charge in [0, 0.05) is 18.9 Å². The van der Waals surface area contributed by atoms with Crippen molar-refractivity contribution >= 4 is 34.6 Å². The number of amides is 3. The minimum Gasteiger partial charge on any atom is -0.481 e. The molecule has 168 valence electrons. The number of carbonyl (C=O) groups excluding carboxylic acids is 3. The molecular weight excluding hydrogens is 432 g/mol. The first-order chi connectivity index (χ1) is 16.0. The third-order valence-corrected chi connectivity index (χ3v) is 5.19. The van der Waals surface area contributed by atoms with E-state index in [4.69, 9.17) is 13.6 Å². The number of rotatable bonds is 6. The minimum absolute atomic E-state index is 0.0890. The molecule has 3 aromatic heterocycles. The normalized spacial score (nSPS) is 16.1. The molecule has 12 nitrogen and oxygen atoms in total. The molecule has 4 aromatic rings. The van der Waals surface area contributed by atoms with Crippen LogP contribution in [0, 0.1) is 0 Å². The van der Waals surface area contributed by atoms with Gasteiger partial charge in [-0.1, -0.05) is 17.2 Å². The summed E-state index contributed by atoms with van der Waals surface area (Å²) in [7, 11) is 1.72. The van der Waals surface area contributed by atoms with E-state index in [1.807, 2.05) is 6.07 Å². The van der Waals surface area contributed by atoms with E-state index in [-0.39, 0.29) is 36.7 Å². The van der Waals surface area contributed by atoms with Crippen LogP contribution in [0.1, 0.15) is 24.5 Å². The summed E-state index contributed by atoms with van der Waals surface area (Å²) in [6.07, 6.45) is 2.10. The third-order valence-electron chi connectivity index (χ3n) is 5.19. The van der Waals surface area contributed by atoms with E-state index in [9.17, 15) is 14.4 Å². The fourth-order valence-electron chi connectivity index (χ4n) is 3.73. The van der Waals surface area contributed by atoms with Gasteiger partial charge in [-0.05, 0) is 24.6 Å². The van der Waals surface area contributed by atoms with Crippen LogP contribution in [0.5, 0.6) is 5.75 Å². The van der Waals surface area contributed by atoms with Crippen molar-refractivity contribution in [1.82, 2.24) is 25.3 Å². The van der Waals surface area contributed by atoms with Crippen molar-refractivity contribution in [2.45, 2.75) is 18.8 Å². The predicted molar refractivity (Wildman–Crippen MR) is 112 cm³/mol. The van der Waals surface area contributed by atoms with Gasteiger partial charge in [-0.3, -0.25) is 29.7 Å². The van der Waals surface area contributed by atoms with Gasteiger partial charge in [0.25, 0.3) is 11.8 Å². The number of piperidine rings is 1. The number of benzene rings is 1. The fraction of sp³-hybridized carbons (Fsp3) is 0.238. The number of furan rings is 1. The maximum absolute atomic E-state index is 12.3. The number of carbonyl (C=O) groups is 3. The molecule has 0 radical (unpaired) electrons. The second kappa shape index (κ2) is 8.22. The lowest BCUT2D eigenvalue weighted by Crippen LogP contribution is -2.39. The SMILES string of the molecule is Cn1nc(C2CCC(=O)NC2=O)c2cccc(OCC(=O)Nc3nnc(-c4ccco4)o3)c21. The van der Waals surface area contributed by atoms with Crippen LogP contribution in [-0.2, 0) is 21.4 Å². The monoisotopic (exact) mass is 450 g/mol. The van der Waals surface area contributed by atoms with Crippen molar-refractivity contribution in [3.05, 3.63) is 42.3 Å². The molecule has 0 spiro atoms. The summed E-state index contributed by atoms with van der Waals surface area (Å²) in [5.74, 6) is -0.765. The first-order valence-electron chi connectivity index (χ1n) is 10.1. The lowest BCUT2D eigenvalue weighted by Gasteiger charge is -2.19. The number of imide groups is 1. The van der Waals surface area contributed by atoms with Gasteiger partial charge < -0.3 is 13.6 Å². The highest BCUT2D eigenvalue weighted by Gasteiger charge is 2.32. The van der Waals surface area contributed by atoms with E-state index in [1.54, 1.807) is 36.0 Å². The largest absolute Gasteiger partial charge is 0.481 e. The molecule has 3 amide bonds. The van der Waals surface area contributed by atoms with Crippen molar-refractivity contribution in [3.8, 4) is 17.4 Å². The zero-order valence-corrected chi connectivity index (χ0v) is 17.4. The number of para-hydroxylation sites is 1. The van der Waals surface area contributed by atoms with E-state index in [0.717, 1.165) is 0 Å². The number of anilines is 1. The molecule has 0 aliphatic carbocycles. The number of nitrogens with one attached hydrogen (secondary N) is 2. The van der Waals surface area contributed by atoms with Gasteiger partial charge in [0.2, 0.25) is 11.8 Å². The van der Waals surface area contributed by atoms with Gasteiger partial charge in [-0.2, -0.15) is 5.10 Å². The molecule has 1 saturated heterocycles. The quantitative estimate of drug-likeness (QED) is 0.418. The van der Waals surface area contributed by atoms with E-state index >= 15 is 0 Å². The zero-order chi connectivity index (χ0) is 22.9. The summed E-state index contributed by atoms with van der Waals surface area (Å²) in [5.41, 5.74) is 1.19. The minimum atomic E-state index is -0.536. The molecule has 12 heteroatoms. The van der Waals surface area contributed by atoms with Crippen molar-refractivity contribution in [2.75, 3.05) is 11.9 Å². The second-order valence-electron chi connectivity index (χ2n) is 7.39. The van der Waals surface area contributed by atoms with Gasteiger partial charge >= 0.3 is 6.01 Å². The Labute approximate surface area is 185 Å². The highest BCUT2D eigenvalue weighted by molar-refractivity contribution is 6.03. The summed E-state index contributed by atoms with van der Waals surface area (Å²) >= 11 is 0. The highest BCUT2D eigenvalue weighted by atomic mass is 16.5. The molecule has 4 heterocycles. The summed E-state index contributed by atoms with van der Waals surface area (Å²) < 4.78 is 17.8. The Morgan fingerprint density at radius 3 is 2.94 bits per heavy atom. The zero-order valence-electron chi connectivity index (χ0n) is 17.4. The Hall–Kier alpha value is -4.48. The van der Waals surface area contributed by atoms with Crippen molar-refractivity contribution < 1.29 is 28.0 Å². The number of nitrogens with zero attached hydrogens (tertiary/aromatic N) is 4. The highest BCUT2D eigenvalue weighted by Crippen LogP contribution is 2.34. The van der Waals surface area contributed by atoms with Crippen LogP contribution in [0.3, 0.4) is 0 Å². The maximum atomic E-state index is 12.3. The average Bonchev–Trinajstić information content (AvgIpc) is 3.53. The average molecular weight is 450 g/mol. The van der Waals surface area contributed by atoms with Gasteiger partial charge in [0.1, 0.15) is 11.3 Å². The summed E-state index contributed by atoms with van der Waals surface area (Å²) in [6.45, 7) is -0.323. The number of hydrogen-bond donors (Lipinski definition) is 2. The van der Waals surface area contributed by atoms with E-state index in [1.165, 1.54) is 6.26 Å². The van der Waals surface area contributed by atoms with Gasteiger partial charge in [0.05, 0.1) is 17.9 Å². The van der Waals surface area contributed by atoms with E-state index in [0.29, 0.717) is 34.5 Å². The molecule has 1 aliphatic rings. The molecule has 0 saturated carbocycles. The number of aromatic nitrogens is 4. The van der Waals surface area contributed by atoms with Crippen LogP contribution in [0.15, 0.2) is 45.4 Å². The van der Waals surface area contributed by atoms with E-state index in [2.05, 4.69) is 25.9 Å². The number of ether oxygens (including phenoxy) is 1. The first kappa shape index (κ1) is 20.4. The Bertz CT molecular complexity index is 1360. The Morgan fingerprint density at radius 2 is 2.15 bits per heavy atom. The summed E-state index contributed by atoms with van der Waals surface area (Å²) in [6, 6.07) is 8.51. The summed E-state index contributed by atoms with van der Waals surface area (Å²) in [4.78, 5) is 36.1. The molecule has 0 bridgehead atoms. The Morgan fingerprint density at radius 1 is 1.27 bits per heavy atom. The first-order valence-corrected chi connectivity index (χ1v) is 10.1. The van der Waals surface area contributed by atoms with Crippen molar-refractivity contribution in [3.63, 3.8) is 0 Å². The molecule has 2 N–H and O–H groups in total. The Kier molecular flexibility index (Phi) is 5.09.